The third-order valence-electron chi connectivity index (χ3n) is 3.46. The maximum Gasteiger partial charge on any atom is 0.420 e. The van der Waals surface area contributed by atoms with E-state index in [1.807, 2.05) is 0 Å². The van der Waals surface area contributed by atoms with Crippen LogP contribution in [0.15, 0.2) is 0 Å². The van der Waals surface area contributed by atoms with Gasteiger partial charge in [-0.3, -0.25) is 4.68 Å². The molecule has 0 bridgehead atoms. The molecule has 0 atom stereocenters. The van der Waals surface area contributed by atoms with Crippen LogP contribution in [0, 0.1) is 5.92 Å². The van der Waals surface area contributed by atoms with E-state index in [-0.39, 0.29) is 11.6 Å². The van der Waals surface area contributed by atoms with Crippen molar-refractivity contribution in [2.45, 2.75) is 44.3 Å². The topological polar surface area (TPSA) is 55.1 Å². The summed E-state index contributed by atoms with van der Waals surface area (Å²) in [7, 11) is 0. The summed E-state index contributed by atoms with van der Waals surface area (Å²) in [5.74, 6) is -9.95. The lowest BCUT2D eigenvalue weighted by molar-refractivity contribution is -0.142. The first-order valence-corrected chi connectivity index (χ1v) is 6.40. The van der Waals surface area contributed by atoms with Gasteiger partial charge in [-0.25, -0.2) is 13.6 Å². The number of alkyl halides is 7. The smallest absolute Gasteiger partial charge is 0.420 e. The fourth-order valence-corrected chi connectivity index (χ4v) is 2.55. The quantitative estimate of drug-likeness (QED) is 0.843. The van der Waals surface area contributed by atoms with Gasteiger partial charge in [-0.1, -0.05) is 0 Å². The third kappa shape index (κ3) is 3.42. The predicted molar refractivity (Wildman–Crippen MR) is 61.4 cm³/mol. The molecular weight excluding hydrogens is 337 g/mol. The minimum atomic E-state index is -5.37. The first-order chi connectivity index (χ1) is 10.2. The van der Waals surface area contributed by atoms with Crippen molar-refractivity contribution in [1.29, 1.82) is 0 Å². The highest BCUT2D eigenvalue weighted by Crippen LogP contribution is 2.45. The minimum absolute atomic E-state index is 0.151. The monoisotopic (exact) mass is 348 g/mol. The predicted octanol–water partition coefficient (Wildman–Crippen LogP) is 3.76. The fourth-order valence-electron chi connectivity index (χ4n) is 2.55. The van der Waals surface area contributed by atoms with Gasteiger partial charge in [0.2, 0.25) is 5.92 Å². The fraction of sp³-hybridized carbons (Fsp3) is 0.667. The SMILES string of the molecule is CC(F)(F)c1nn(CC2CC(F)(F)C2)c(C(=O)O)c1C(F)(F)F. The molecular formula is C12H11F7N2O2. The highest BCUT2D eigenvalue weighted by atomic mass is 19.4. The number of hydrogen-bond donors (Lipinski definition) is 1. The van der Waals surface area contributed by atoms with Crippen LogP contribution in [0.25, 0.3) is 0 Å². The zero-order chi connectivity index (χ0) is 17.8. The molecule has 1 heterocycles. The molecule has 1 aliphatic carbocycles. The summed E-state index contributed by atoms with van der Waals surface area (Å²) in [4.78, 5) is 11.1. The highest BCUT2D eigenvalue weighted by Gasteiger charge is 2.50. The average molecular weight is 348 g/mol. The summed E-state index contributed by atoms with van der Waals surface area (Å²) >= 11 is 0. The van der Waals surface area contributed by atoms with E-state index in [9.17, 15) is 35.5 Å². The molecule has 0 aliphatic heterocycles. The van der Waals surface area contributed by atoms with Gasteiger partial charge in [-0.15, -0.1) is 0 Å². The zero-order valence-electron chi connectivity index (χ0n) is 11.6. The van der Waals surface area contributed by atoms with Gasteiger partial charge in [-0.2, -0.15) is 27.1 Å². The zero-order valence-corrected chi connectivity index (χ0v) is 11.6. The number of nitrogens with zero attached hydrogens (tertiary/aromatic N) is 2. The molecule has 1 aromatic rings. The molecule has 1 fully saturated rings. The van der Waals surface area contributed by atoms with E-state index in [0.29, 0.717) is 0 Å². The molecule has 23 heavy (non-hydrogen) atoms. The molecule has 0 aromatic carbocycles. The summed E-state index contributed by atoms with van der Waals surface area (Å²) in [5.41, 5.74) is -5.25. The van der Waals surface area contributed by atoms with Crippen molar-refractivity contribution in [2.75, 3.05) is 0 Å². The Morgan fingerprint density at radius 1 is 1.30 bits per heavy atom. The lowest BCUT2D eigenvalue weighted by Crippen LogP contribution is -2.38. The van der Waals surface area contributed by atoms with Crippen LogP contribution in [0.1, 0.15) is 41.5 Å². The Bertz CT molecular complexity index is 623. The average Bonchev–Trinajstić information content (AvgIpc) is 2.65. The molecule has 11 heteroatoms. The second-order valence-electron chi connectivity index (χ2n) is 5.58. The van der Waals surface area contributed by atoms with Crippen LogP contribution in [0.3, 0.4) is 0 Å². The van der Waals surface area contributed by atoms with Crippen molar-refractivity contribution < 1.29 is 40.6 Å². The molecule has 0 radical (unpaired) electrons. The number of aromatic nitrogens is 2. The molecule has 0 spiro atoms. The van der Waals surface area contributed by atoms with Gasteiger partial charge in [0.15, 0.2) is 5.69 Å². The van der Waals surface area contributed by atoms with Crippen molar-refractivity contribution in [3.8, 4) is 0 Å². The first kappa shape index (κ1) is 17.5. The first-order valence-electron chi connectivity index (χ1n) is 6.40. The van der Waals surface area contributed by atoms with E-state index in [2.05, 4.69) is 5.10 Å². The Labute approximate surface area is 124 Å². The minimum Gasteiger partial charge on any atom is -0.477 e. The van der Waals surface area contributed by atoms with Crippen LogP contribution in [-0.2, 0) is 18.6 Å². The summed E-state index contributed by atoms with van der Waals surface area (Å²) in [5, 5.41) is 12.0. The molecule has 0 unspecified atom stereocenters. The third-order valence-corrected chi connectivity index (χ3v) is 3.46. The van der Waals surface area contributed by atoms with Crippen LogP contribution >= 0.6 is 0 Å². The van der Waals surface area contributed by atoms with Gasteiger partial charge in [-0.05, 0) is 5.92 Å². The molecule has 1 aromatic heterocycles. The maximum atomic E-state index is 13.4. The van der Waals surface area contributed by atoms with Crippen LogP contribution in [0.5, 0.6) is 0 Å². The molecule has 2 rings (SSSR count). The van der Waals surface area contributed by atoms with Gasteiger partial charge < -0.3 is 5.11 Å². The van der Waals surface area contributed by atoms with Crippen molar-refractivity contribution in [3.05, 3.63) is 17.0 Å². The number of carbonyl (C=O) groups is 1. The van der Waals surface area contributed by atoms with E-state index >= 15 is 0 Å². The van der Waals surface area contributed by atoms with Gasteiger partial charge in [0.1, 0.15) is 11.3 Å². The number of hydrogen-bond acceptors (Lipinski definition) is 2. The lowest BCUT2D eigenvalue weighted by atomic mass is 9.81. The van der Waals surface area contributed by atoms with Crippen LogP contribution < -0.4 is 0 Å². The Balaban J connectivity index is 2.50. The van der Waals surface area contributed by atoms with Gasteiger partial charge in [0.25, 0.3) is 5.92 Å². The van der Waals surface area contributed by atoms with Gasteiger partial charge in [0.05, 0.1) is 0 Å². The molecule has 0 saturated heterocycles. The highest BCUT2D eigenvalue weighted by molar-refractivity contribution is 5.88. The largest absolute Gasteiger partial charge is 0.477 e. The second-order valence-corrected chi connectivity index (χ2v) is 5.58. The van der Waals surface area contributed by atoms with Crippen molar-refractivity contribution in [3.63, 3.8) is 0 Å². The maximum absolute atomic E-state index is 13.4. The molecule has 4 nitrogen and oxygen atoms in total. The Morgan fingerprint density at radius 2 is 1.83 bits per heavy atom. The van der Waals surface area contributed by atoms with E-state index in [1.165, 1.54) is 0 Å². The second kappa shape index (κ2) is 5.10. The van der Waals surface area contributed by atoms with E-state index in [0.717, 1.165) is 0 Å². The van der Waals surface area contributed by atoms with E-state index < -0.39 is 66.2 Å². The lowest BCUT2D eigenvalue weighted by Gasteiger charge is -2.34. The molecule has 130 valence electrons. The van der Waals surface area contributed by atoms with E-state index in [1.54, 1.807) is 0 Å². The number of carboxylic acids is 1. The number of aromatic carboxylic acids is 1. The summed E-state index contributed by atoms with van der Waals surface area (Å²) in [6.45, 7) is -0.450. The number of halogens is 7. The van der Waals surface area contributed by atoms with Crippen molar-refractivity contribution >= 4 is 5.97 Å². The Morgan fingerprint density at radius 3 is 2.17 bits per heavy atom. The molecule has 1 aliphatic rings. The van der Waals surface area contributed by atoms with Gasteiger partial charge >= 0.3 is 12.1 Å². The van der Waals surface area contributed by atoms with Crippen LogP contribution in [0.2, 0.25) is 0 Å². The van der Waals surface area contributed by atoms with Crippen LogP contribution in [-0.4, -0.2) is 26.8 Å². The molecule has 1 saturated carbocycles. The summed E-state index contributed by atoms with van der Waals surface area (Å²) in [6.07, 6.45) is -6.69. The van der Waals surface area contributed by atoms with Crippen LogP contribution in [0.4, 0.5) is 30.7 Å². The molecule has 1 N–H and O–H groups in total. The summed E-state index contributed by atoms with van der Waals surface area (Å²) in [6, 6.07) is 0. The summed E-state index contributed by atoms with van der Waals surface area (Å²) < 4.78 is 91.5. The molecule has 0 amide bonds. The number of rotatable bonds is 4. The van der Waals surface area contributed by atoms with E-state index in [4.69, 9.17) is 5.11 Å². The standard InChI is InChI=1S/C12H11F7N2O2/c1-10(13,14)8-6(12(17,18)19)7(9(22)23)21(20-8)4-5-2-11(15,16)3-5/h5H,2-4H2,1H3,(H,22,23). The van der Waals surface area contributed by atoms with Crippen molar-refractivity contribution in [1.82, 2.24) is 9.78 Å². The Hall–Kier alpha value is -1.81. The Kier molecular flexibility index (Phi) is 3.89. The number of carboxylic acid groups (broad SMARTS) is 1. The van der Waals surface area contributed by atoms with Crippen molar-refractivity contribution in [2.24, 2.45) is 5.92 Å². The normalized spacial score (nSPS) is 18.8. The van der Waals surface area contributed by atoms with Gasteiger partial charge in [0, 0.05) is 26.3 Å².